The van der Waals surface area contributed by atoms with E-state index < -0.39 is 38.2 Å². The lowest BCUT2D eigenvalue weighted by Gasteiger charge is -2.60. The van der Waals surface area contributed by atoms with Crippen LogP contribution in [0.2, 0.25) is 5.02 Å². The molecule has 3 aliphatic rings. The Kier molecular flexibility index (Phi) is 7.74. The van der Waals surface area contributed by atoms with Gasteiger partial charge in [0.05, 0.1) is 20.8 Å². The summed E-state index contributed by atoms with van der Waals surface area (Å²) in [6.45, 7) is 8.85. The van der Waals surface area contributed by atoms with Gasteiger partial charge in [0.2, 0.25) is 0 Å². The number of nitrogens with one attached hydrogen (secondary N) is 1. The van der Waals surface area contributed by atoms with Gasteiger partial charge in [0.15, 0.2) is 21.5 Å². The standard InChI is InChI=1S/C27H33ClF2N2O4S/c1-15(2)32(16(3)4)14-27(34)18-10-19(27)12-21(11-18)37(35,36)25-9-17(5-7-22(25)28)26(33)31-20-6-8-23(29)24(30)13-20/h5-9,13,15-16,18-19,21,34H,10-12,14H2,1-4H3,(H,31,33)/t18?,19?,21-,27-. The third-order valence-corrected chi connectivity index (χ3v) is 10.6. The van der Waals surface area contributed by atoms with Crippen molar-refractivity contribution >= 4 is 33.0 Å². The normalized spacial score (nSPS) is 25.4. The van der Waals surface area contributed by atoms with Gasteiger partial charge >= 0.3 is 0 Å². The molecule has 37 heavy (non-hydrogen) atoms. The van der Waals surface area contributed by atoms with Crippen molar-refractivity contribution in [1.82, 2.24) is 4.90 Å². The third-order valence-electron chi connectivity index (χ3n) is 7.96. The second-order valence-corrected chi connectivity index (χ2v) is 13.5. The van der Waals surface area contributed by atoms with Crippen LogP contribution in [0.5, 0.6) is 0 Å². The van der Waals surface area contributed by atoms with E-state index in [-0.39, 0.29) is 45.1 Å². The molecular formula is C27H33ClF2N2O4S. The van der Waals surface area contributed by atoms with Gasteiger partial charge in [0.1, 0.15) is 0 Å². The molecule has 2 bridgehead atoms. The summed E-state index contributed by atoms with van der Waals surface area (Å²) in [5.41, 5.74) is -0.863. The number of carbonyl (C=O) groups is 1. The first-order valence-corrected chi connectivity index (χ1v) is 14.4. The number of halogens is 3. The van der Waals surface area contributed by atoms with E-state index in [1.807, 2.05) is 0 Å². The second kappa shape index (κ2) is 10.2. The second-order valence-electron chi connectivity index (χ2n) is 10.8. The Labute approximate surface area is 221 Å². The number of benzene rings is 2. The van der Waals surface area contributed by atoms with Crippen molar-refractivity contribution in [2.75, 3.05) is 11.9 Å². The van der Waals surface area contributed by atoms with Crippen LogP contribution in [0.1, 0.15) is 57.3 Å². The van der Waals surface area contributed by atoms with Crippen LogP contribution in [0.3, 0.4) is 0 Å². The largest absolute Gasteiger partial charge is 0.388 e. The first kappa shape index (κ1) is 28.0. The van der Waals surface area contributed by atoms with Gasteiger partial charge in [0.25, 0.3) is 5.91 Å². The summed E-state index contributed by atoms with van der Waals surface area (Å²) in [5.74, 6) is -3.11. The molecule has 2 aromatic carbocycles. The molecule has 0 heterocycles. The molecule has 1 amide bonds. The maximum absolute atomic E-state index is 13.6. The number of fused-ring (bicyclic) bond motifs is 2. The average molecular weight is 555 g/mol. The summed E-state index contributed by atoms with van der Waals surface area (Å²) in [6.07, 6.45) is 1.43. The van der Waals surface area contributed by atoms with Crippen LogP contribution in [0.25, 0.3) is 0 Å². The highest BCUT2D eigenvalue weighted by Gasteiger charge is 2.60. The molecular weight excluding hydrogens is 522 g/mol. The molecule has 0 aliphatic heterocycles. The molecule has 2 N–H and O–H groups in total. The highest BCUT2D eigenvalue weighted by atomic mass is 35.5. The van der Waals surface area contributed by atoms with E-state index in [0.717, 1.165) is 18.6 Å². The monoisotopic (exact) mass is 554 g/mol. The van der Waals surface area contributed by atoms with E-state index in [1.165, 1.54) is 24.3 Å². The number of rotatable bonds is 8. The molecule has 2 unspecified atom stereocenters. The van der Waals surface area contributed by atoms with E-state index >= 15 is 0 Å². The van der Waals surface area contributed by atoms with Crippen LogP contribution >= 0.6 is 11.6 Å². The van der Waals surface area contributed by atoms with Crippen LogP contribution < -0.4 is 5.32 Å². The van der Waals surface area contributed by atoms with E-state index in [2.05, 4.69) is 37.9 Å². The van der Waals surface area contributed by atoms with Gasteiger partial charge in [-0.15, -0.1) is 0 Å². The van der Waals surface area contributed by atoms with Crippen LogP contribution in [0.4, 0.5) is 14.5 Å². The van der Waals surface area contributed by atoms with Gasteiger partial charge in [-0.05, 0) is 89.1 Å². The van der Waals surface area contributed by atoms with Crippen molar-refractivity contribution in [2.45, 2.75) is 74.8 Å². The SMILES string of the molecule is CC(C)N(C[C@]1(O)C2CC1C[C@@H](S(=O)(=O)c1cc(C(=O)Nc3ccc(F)c(F)c3)ccc1Cl)C2)C(C)C. The van der Waals surface area contributed by atoms with Crippen molar-refractivity contribution in [3.05, 3.63) is 58.6 Å². The Morgan fingerprint density at radius 2 is 1.68 bits per heavy atom. The molecule has 10 heteroatoms. The van der Waals surface area contributed by atoms with Crippen LogP contribution in [0, 0.1) is 23.5 Å². The molecule has 2 atom stereocenters. The molecule has 0 saturated heterocycles. The highest BCUT2D eigenvalue weighted by molar-refractivity contribution is 7.92. The molecule has 3 aliphatic carbocycles. The summed E-state index contributed by atoms with van der Waals surface area (Å²) in [5, 5.41) is 13.2. The lowest BCUT2D eigenvalue weighted by atomic mass is 9.53. The first-order chi connectivity index (χ1) is 17.2. The topological polar surface area (TPSA) is 86.7 Å². The molecule has 3 fully saturated rings. The summed E-state index contributed by atoms with van der Waals surface area (Å²) in [4.78, 5) is 14.8. The molecule has 202 valence electrons. The number of sulfone groups is 1. The van der Waals surface area contributed by atoms with Gasteiger partial charge in [-0.25, -0.2) is 17.2 Å². The van der Waals surface area contributed by atoms with Crippen molar-refractivity contribution in [3.63, 3.8) is 0 Å². The Hall–Kier alpha value is -2.07. The summed E-state index contributed by atoms with van der Waals surface area (Å²) in [6, 6.07) is 7.39. The minimum Gasteiger partial charge on any atom is -0.388 e. The van der Waals surface area contributed by atoms with Gasteiger partial charge in [-0.3, -0.25) is 9.69 Å². The molecule has 6 nitrogen and oxygen atoms in total. The number of aliphatic hydroxyl groups is 1. The molecule has 5 rings (SSSR count). The Bertz CT molecular complexity index is 1280. The fraction of sp³-hybridized carbons (Fsp3) is 0.519. The summed E-state index contributed by atoms with van der Waals surface area (Å²) < 4.78 is 54.0. The van der Waals surface area contributed by atoms with Crippen molar-refractivity contribution in [1.29, 1.82) is 0 Å². The van der Waals surface area contributed by atoms with Crippen molar-refractivity contribution in [2.24, 2.45) is 11.8 Å². The molecule has 3 saturated carbocycles. The zero-order valence-corrected chi connectivity index (χ0v) is 22.9. The zero-order valence-electron chi connectivity index (χ0n) is 21.3. The molecule has 2 aromatic rings. The van der Waals surface area contributed by atoms with Gasteiger partial charge in [-0.2, -0.15) is 0 Å². The fourth-order valence-electron chi connectivity index (χ4n) is 5.84. The lowest BCUT2D eigenvalue weighted by molar-refractivity contribution is -0.192. The molecule has 0 spiro atoms. The van der Waals surface area contributed by atoms with Crippen LogP contribution in [0.15, 0.2) is 41.3 Å². The van der Waals surface area contributed by atoms with Gasteiger partial charge in [-0.1, -0.05) is 11.6 Å². The fourth-order valence-corrected chi connectivity index (χ4v) is 8.24. The molecule has 0 aromatic heterocycles. The highest BCUT2D eigenvalue weighted by Crippen LogP contribution is 2.56. The van der Waals surface area contributed by atoms with E-state index in [0.29, 0.717) is 19.4 Å². The zero-order chi connectivity index (χ0) is 27.3. The number of hydrogen-bond donors (Lipinski definition) is 2. The minimum atomic E-state index is -3.89. The predicted molar refractivity (Wildman–Crippen MR) is 139 cm³/mol. The average Bonchev–Trinajstić information content (AvgIpc) is 2.84. The lowest BCUT2D eigenvalue weighted by Crippen LogP contribution is -2.67. The third kappa shape index (κ3) is 5.28. The van der Waals surface area contributed by atoms with E-state index in [4.69, 9.17) is 11.6 Å². The summed E-state index contributed by atoms with van der Waals surface area (Å²) >= 11 is 6.29. The van der Waals surface area contributed by atoms with Crippen molar-refractivity contribution in [3.8, 4) is 0 Å². The number of anilines is 1. The Balaban J connectivity index is 1.52. The number of nitrogens with zero attached hydrogens (tertiary/aromatic N) is 1. The number of carbonyl (C=O) groups excluding carboxylic acids is 1. The quantitative estimate of drug-likeness (QED) is 0.463. The van der Waals surface area contributed by atoms with Crippen LogP contribution in [-0.2, 0) is 9.84 Å². The van der Waals surface area contributed by atoms with E-state index in [9.17, 15) is 27.1 Å². The van der Waals surface area contributed by atoms with Gasteiger partial charge < -0.3 is 10.4 Å². The van der Waals surface area contributed by atoms with Crippen LogP contribution in [-0.4, -0.2) is 53.8 Å². The van der Waals surface area contributed by atoms with E-state index in [1.54, 1.807) is 0 Å². The first-order valence-electron chi connectivity index (χ1n) is 12.5. The van der Waals surface area contributed by atoms with Crippen molar-refractivity contribution < 1.29 is 27.1 Å². The summed E-state index contributed by atoms with van der Waals surface area (Å²) in [7, 11) is -3.89. The Morgan fingerprint density at radius 3 is 2.24 bits per heavy atom. The predicted octanol–water partition coefficient (Wildman–Crippen LogP) is 5.29. The Morgan fingerprint density at radius 1 is 1.05 bits per heavy atom. The maximum Gasteiger partial charge on any atom is 0.255 e. The molecule has 0 radical (unpaired) electrons. The number of hydrogen-bond acceptors (Lipinski definition) is 5. The number of amides is 1. The smallest absolute Gasteiger partial charge is 0.255 e. The minimum absolute atomic E-state index is 0.00433. The van der Waals surface area contributed by atoms with Gasteiger partial charge in [0, 0.05) is 35.9 Å². The maximum atomic E-state index is 13.6.